The maximum absolute atomic E-state index is 10.8. The van der Waals surface area contributed by atoms with Crippen molar-refractivity contribution in [3.8, 4) is 96.0 Å². The number of aromatic nitrogens is 4. The van der Waals surface area contributed by atoms with Crippen molar-refractivity contribution in [1.29, 1.82) is 0 Å². The van der Waals surface area contributed by atoms with Gasteiger partial charge in [0.05, 0.1) is 54.8 Å². The fraction of sp³-hybridized carbons (Fsp3) is 0.333. The van der Waals surface area contributed by atoms with E-state index in [9.17, 15) is 9.59 Å². The van der Waals surface area contributed by atoms with E-state index < -0.39 is 5.97 Å². The molecule has 14 nitrogen and oxygen atoms in total. The van der Waals surface area contributed by atoms with Gasteiger partial charge >= 0.3 is 25.4 Å². The fourth-order valence-corrected chi connectivity index (χ4v) is 12.7. The van der Waals surface area contributed by atoms with Crippen LogP contribution in [-0.2, 0) is 24.3 Å². The van der Waals surface area contributed by atoms with Gasteiger partial charge in [0.2, 0.25) is 0 Å². The molecule has 4 aromatic heterocycles. The first-order valence-corrected chi connectivity index (χ1v) is 40.3. The summed E-state index contributed by atoms with van der Waals surface area (Å²) in [5.74, 6) is 5.23. The zero-order valence-corrected chi connectivity index (χ0v) is 70.0. The second kappa shape index (κ2) is 52.1. The summed E-state index contributed by atoms with van der Waals surface area (Å²) >= 11 is 7.40. The largest absolute Gasteiger partial charge is 2.00 e. The standard InChI is InChI=1S/C82H100N2O4.C12H8N2O4.2CNS.Ru/c1-9-17-21-61(13-5)57-85-77-37-29-69(30-38-77)73-49-67(50-74(55-73)70-31-39-78(40-32-70)86-58-62(14-6)22-18-10-2)27-25-65-45-47-83-81(53-65)82-54-66(46-48-84-82)26-28-68-51-75(71-33-41-79(42-34-71)87-59-63(15-7)23-19-11-3)56-76(52-68)72-35-43-80(44-36-72)88-60-64(16-8)24-20-12-4;15-7-18-9-2-4-14-11(6-9)10-5-8(12(16)17)1-3-13-10;2*2-1-3;/h25-56,61-64H,9-24,57-60H2,1-8H3;1-7H,(H,16,17);;;/q;;2*-1;+2/b27-25+,28-26+;;;;. The molecule has 17 heteroatoms. The molecule has 0 amide bonds. The molecule has 0 saturated heterocycles. The Hall–Kier alpha value is -10.2. The van der Waals surface area contributed by atoms with Crippen molar-refractivity contribution in [2.75, 3.05) is 26.4 Å². The molecule has 1 N–H and O–H groups in total. The van der Waals surface area contributed by atoms with E-state index >= 15 is 0 Å². The molecule has 10 aromatic rings. The molecule has 0 bridgehead atoms. The Bertz CT molecular complexity index is 4200. The molecule has 590 valence electrons. The Morgan fingerprint density at radius 2 is 0.646 bits per heavy atom. The average Bonchev–Trinajstić information content (AvgIpc) is 0.815. The van der Waals surface area contributed by atoms with E-state index in [-0.39, 0.29) is 25.0 Å². The third-order valence-electron chi connectivity index (χ3n) is 19.7. The Balaban J connectivity index is 0.000000680. The number of thiocarbonyl (C=S) groups is 2. The predicted molar refractivity (Wildman–Crippen MR) is 468 cm³/mol. The van der Waals surface area contributed by atoms with E-state index in [4.69, 9.17) is 44.8 Å². The van der Waals surface area contributed by atoms with Crippen molar-refractivity contribution in [3.05, 3.63) is 245 Å². The Morgan fingerprint density at radius 1 is 0.372 bits per heavy atom. The van der Waals surface area contributed by atoms with Gasteiger partial charge in [-0.05, 0) is 244 Å². The summed E-state index contributed by atoms with van der Waals surface area (Å²) < 4.78 is 30.0. The summed E-state index contributed by atoms with van der Waals surface area (Å²) in [6.45, 7) is 21.4. The third kappa shape index (κ3) is 31.7. The quantitative estimate of drug-likeness (QED) is 0.0164. The number of unbranched alkanes of at least 4 members (excludes halogenated alkanes) is 4. The molecule has 0 aliphatic carbocycles. The molecule has 0 spiro atoms. The SMILES string of the molecule is CCCCC(CC)COc1ccc(-c2cc(/C=C/c3ccnc(-c4cc(/C=C/c5cc(-c6ccc(OCC(CC)CCCC)cc6)cc(-c6ccc(OCC(CC)CCCC)cc6)c5)ccn4)c3)cc(-c3ccc(OCC(CC)CCCC)cc3)c2)cc1.O=COc1ccnc(-c2cc(C(=O)O)ccn2)c1.[N-]=C=S.[N-]=C=S.[Ru+2]. The van der Waals surface area contributed by atoms with Crippen LogP contribution >= 0.6 is 24.4 Å². The number of nitrogens with zero attached hydrogens (tertiary/aromatic N) is 6. The molecular weight excluding hydrogens is 1530 g/mol. The number of benzene rings is 6. The van der Waals surface area contributed by atoms with Gasteiger partial charge in [0.15, 0.2) is 0 Å². The number of isothiocyanates is 2. The van der Waals surface area contributed by atoms with Gasteiger partial charge < -0.3 is 39.6 Å². The van der Waals surface area contributed by atoms with E-state index in [0.29, 0.717) is 47.3 Å². The van der Waals surface area contributed by atoms with Crippen molar-refractivity contribution in [1.82, 2.24) is 19.9 Å². The molecule has 0 saturated carbocycles. The Labute approximate surface area is 694 Å². The van der Waals surface area contributed by atoms with Crippen molar-refractivity contribution in [2.24, 2.45) is 23.7 Å². The molecular formula is C96H108N6O8RuS2. The number of carbonyl (C=O) groups excluding carboxylic acids is 1. The summed E-state index contributed by atoms with van der Waals surface area (Å²) in [5, 5.41) is 25.8. The van der Waals surface area contributed by atoms with E-state index in [1.54, 1.807) is 0 Å². The van der Waals surface area contributed by atoms with Crippen LogP contribution in [0.2, 0.25) is 0 Å². The van der Waals surface area contributed by atoms with Crippen LogP contribution in [-0.4, -0.2) is 74.2 Å². The molecule has 113 heavy (non-hydrogen) atoms. The van der Waals surface area contributed by atoms with Gasteiger partial charge in [-0.2, -0.15) is 10.3 Å². The minimum Gasteiger partial charge on any atom is -0.753 e. The van der Waals surface area contributed by atoms with Gasteiger partial charge in [-0.1, -0.05) is 230 Å². The maximum Gasteiger partial charge on any atom is 2.00 e. The van der Waals surface area contributed by atoms with Crippen molar-refractivity contribution in [3.63, 3.8) is 0 Å². The van der Waals surface area contributed by atoms with Crippen LogP contribution in [0.4, 0.5) is 0 Å². The fourth-order valence-electron chi connectivity index (χ4n) is 12.7. The summed E-state index contributed by atoms with van der Waals surface area (Å²) in [6, 6.07) is 62.3. The van der Waals surface area contributed by atoms with E-state index in [0.717, 1.165) is 153 Å². The number of carboxylic acids is 1. The molecule has 0 radical (unpaired) electrons. The number of ether oxygens (including phenoxy) is 5. The molecule has 4 heterocycles. The van der Waals surface area contributed by atoms with Crippen LogP contribution < -0.4 is 23.7 Å². The topological polar surface area (TPSA) is 197 Å². The zero-order valence-electron chi connectivity index (χ0n) is 66.6. The zero-order chi connectivity index (χ0) is 80.1. The third-order valence-corrected chi connectivity index (χ3v) is 19.7. The van der Waals surface area contributed by atoms with Crippen LogP contribution in [0, 0.1) is 23.7 Å². The van der Waals surface area contributed by atoms with E-state index in [1.165, 1.54) is 124 Å². The number of carboxylic acid groups (broad SMARTS) is 1. The second-order valence-electron chi connectivity index (χ2n) is 27.8. The number of pyridine rings is 4. The van der Waals surface area contributed by atoms with Gasteiger partial charge in [0.1, 0.15) is 28.7 Å². The number of hydrogen-bond donors (Lipinski definition) is 1. The van der Waals surface area contributed by atoms with Crippen LogP contribution in [0.25, 0.3) is 102 Å². The van der Waals surface area contributed by atoms with Crippen LogP contribution in [0.5, 0.6) is 28.7 Å². The minimum absolute atomic E-state index is 0. The average molecular weight is 1640 g/mol. The van der Waals surface area contributed by atoms with E-state index in [1.807, 2.05) is 12.4 Å². The molecule has 4 unspecified atom stereocenters. The molecule has 0 fully saturated rings. The van der Waals surface area contributed by atoms with Crippen molar-refractivity contribution >= 4 is 71.5 Å². The monoisotopic (exact) mass is 1640 g/mol. The van der Waals surface area contributed by atoms with Crippen LogP contribution in [0.15, 0.2) is 207 Å². The van der Waals surface area contributed by atoms with Gasteiger partial charge in [0, 0.05) is 30.9 Å². The second-order valence-corrected chi connectivity index (χ2v) is 28.2. The predicted octanol–water partition coefficient (Wildman–Crippen LogP) is 26.2. The van der Waals surface area contributed by atoms with Crippen molar-refractivity contribution in [2.45, 2.75) is 158 Å². The van der Waals surface area contributed by atoms with Gasteiger partial charge in [-0.15, -0.1) is 0 Å². The smallest absolute Gasteiger partial charge is 0.753 e. The summed E-state index contributed by atoms with van der Waals surface area (Å²) in [5.41, 5.74) is 16.0. The number of rotatable bonds is 41. The summed E-state index contributed by atoms with van der Waals surface area (Å²) in [7, 11) is 0. The first-order valence-electron chi connectivity index (χ1n) is 39.5. The Morgan fingerprint density at radius 3 is 0.929 bits per heavy atom. The Kier molecular flexibility index (Phi) is 42.3. The van der Waals surface area contributed by atoms with Gasteiger partial charge in [0.25, 0.3) is 6.47 Å². The van der Waals surface area contributed by atoms with Crippen molar-refractivity contribution < 1.29 is 57.9 Å². The first-order chi connectivity index (χ1) is 54.7. The van der Waals surface area contributed by atoms with E-state index in [2.05, 4.69) is 277 Å². The minimum atomic E-state index is -1.04. The molecule has 0 aliphatic heterocycles. The summed E-state index contributed by atoms with van der Waals surface area (Å²) in [6.07, 6.45) is 34.5. The number of carbonyl (C=O) groups is 2. The van der Waals surface area contributed by atoms with Crippen LogP contribution in [0.3, 0.4) is 0 Å². The number of aromatic carboxylic acids is 1. The van der Waals surface area contributed by atoms with Gasteiger partial charge in [-0.3, -0.25) is 24.7 Å². The molecule has 10 rings (SSSR count). The first kappa shape index (κ1) is 91.6. The maximum atomic E-state index is 10.8. The molecule has 4 atom stereocenters. The summed E-state index contributed by atoms with van der Waals surface area (Å²) in [4.78, 5) is 38.8. The number of hydrogen-bond acceptors (Lipinski definition) is 13. The molecule has 0 aliphatic rings. The van der Waals surface area contributed by atoms with Crippen LogP contribution in [0.1, 0.15) is 191 Å². The molecule has 6 aromatic carbocycles. The van der Waals surface area contributed by atoms with Gasteiger partial charge in [-0.25, -0.2) is 4.79 Å². The normalized spacial score (nSPS) is 11.8.